The molecule has 2 N–H and O–H groups in total. The number of ether oxygens (including phenoxy) is 1. The van der Waals surface area contributed by atoms with Gasteiger partial charge in [-0.25, -0.2) is 9.97 Å². The van der Waals surface area contributed by atoms with E-state index in [4.69, 9.17) is 4.74 Å². The lowest BCUT2D eigenvalue weighted by atomic mass is 10.0. The molecule has 1 atom stereocenters. The quantitative estimate of drug-likeness (QED) is 0.757. The Labute approximate surface area is 116 Å². The average molecular weight is 266 g/mol. The molecular formula is C14H26N4O. The molecule has 0 fully saturated rings. The summed E-state index contributed by atoms with van der Waals surface area (Å²) in [5.41, 5.74) is 0. The van der Waals surface area contributed by atoms with Gasteiger partial charge >= 0.3 is 0 Å². The molecule has 1 aromatic heterocycles. The fourth-order valence-corrected chi connectivity index (χ4v) is 1.97. The standard InChI is InChI=1S/C14H26N4O/c1-6-11(10(3)4)16-13-8-12(15-7-2)17-14(18-13)9-19-5/h8,10-11H,6-7,9H2,1-5H3,(H2,15,16,17,18). The van der Waals surface area contributed by atoms with Crippen molar-refractivity contribution in [2.45, 2.75) is 46.8 Å². The minimum Gasteiger partial charge on any atom is -0.377 e. The second-order valence-corrected chi connectivity index (χ2v) is 4.92. The highest BCUT2D eigenvalue weighted by molar-refractivity contribution is 5.48. The van der Waals surface area contributed by atoms with Crippen LogP contribution < -0.4 is 10.6 Å². The summed E-state index contributed by atoms with van der Waals surface area (Å²) < 4.78 is 5.11. The lowest BCUT2D eigenvalue weighted by Crippen LogP contribution is -2.25. The maximum atomic E-state index is 5.11. The van der Waals surface area contributed by atoms with Gasteiger partial charge in [0.25, 0.3) is 0 Å². The fraction of sp³-hybridized carbons (Fsp3) is 0.714. The average Bonchev–Trinajstić information content (AvgIpc) is 2.36. The van der Waals surface area contributed by atoms with Crippen molar-refractivity contribution in [1.82, 2.24) is 9.97 Å². The topological polar surface area (TPSA) is 59.1 Å². The highest BCUT2D eigenvalue weighted by Gasteiger charge is 2.12. The van der Waals surface area contributed by atoms with Crippen LogP contribution in [0.4, 0.5) is 11.6 Å². The molecule has 108 valence electrons. The fourth-order valence-electron chi connectivity index (χ4n) is 1.97. The monoisotopic (exact) mass is 266 g/mol. The number of nitrogens with zero attached hydrogens (tertiary/aromatic N) is 2. The molecule has 5 nitrogen and oxygen atoms in total. The minimum absolute atomic E-state index is 0.416. The first-order valence-electron chi connectivity index (χ1n) is 6.97. The molecule has 19 heavy (non-hydrogen) atoms. The third kappa shape index (κ3) is 5.03. The predicted octanol–water partition coefficient (Wildman–Crippen LogP) is 2.90. The molecule has 0 saturated carbocycles. The number of rotatable bonds is 8. The summed E-state index contributed by atoms with van der Waals surface area (Å²) in [7, 11) is 1.65. The maximum Gasteiger partial charge on any atom is 0.158 e. The Bertz CT molecular complexity index is 357. The zero-order chi connectivity index (χ0) is 14.3. The zero-order valence-electron chi connectivity index (χ0n) is 12.7. The van der Waals surface area contributed by atoms with Crippen LogP contribution in [0.1, 0.15) is 39.9 Å². The Hall–Kier alpha value is -1.36. The summed E-state index contributed by atoms with van der Waals surface area (Å²) >= 11 is 0. The van der Waals surface area contributed by atoms with E-state index >= 15 is 0 Å². The normalized spacial score (nSPS) is 12.5. The summed E-state index contributed by atoms with van der Waals surface area (Å²) in [5.74, 6) is 2.96. The molecule has 0 aliphatic carbocycles. The van der Waals surface area contributed by atoms with Crippen molar-refractivity contribution in [2.24, 2.45) is 5.92 Å². The smallest absolute Gasteiger partial charge is 0.158 e. The van der Waals surface area contributed by atoms with Crippen LogP contribution in [-0.2, 0) is 11.3 Å². The Morgan fingerprint density at radius 3 is 2.42 bits per heavy atom. The van der Waals surface area contributed by atoms with Crippen LogP contribution in [0.3, 0.4) is 0 Å². The summed E-state index contributed by atoms with van der Waals surface area (Å²) in [6, 6.07) is 2.37. The molecule has 1 heterocycles. The van der Waals surface area contributed by atoms with E-state index in [2.05, 4.69) is 41.4 Å². The SMILES string of the molecule is CCNc1cc(NC(CC)C(C)C)nc(COC)n1. The molecule has 0 spiro atoms. The first-order chi connectivity index (χ1) is 9.10. The second kappa shape index (κ2) is 7.94. The Morgan fingerprint density at radius 2 is 1.89 bits per heavy atom. The van der Waals surface area contributed by atoms with Gasteiger partial charge in [-0.2, -0.15) is 0 Å². The molecule has 1 rings (SSSR count). The molecule has 0 bridgehead atoms. The van der Waals surface area contributed by atoms with Crippen LogP contribution in [0.2, 0.25) is 0 Å². The third-order valence-corrected chi connectivity index (χ3v) is 2.98. The summed E-state index contributed by atoms with van der Waals surface area (Å²) in [5, 5.41) is 6.70. The lowest BCUT2D eigenvalue weighted by Gasteiger charge is -2.22. The highest BCUT2D eigenvalue weighted by Crippen LogP contribution is 2.16. The molecule has 5 heteroatoms. The lowest BCUT2D eigenvalue weighted by molar-refractivity contribution is 0.178. The van der Waals surface area contributed by atoms with Crippen molar-refractivity contribution in [1.29, 1.82) is 0 Å². The van der Waals surface area contributed by atoms with E-state index in [0.29, 0.717) is 24.4 Å². The first-order valence-corrected chi connectivity index (χ1v) is 6.97. The van der Waals surface area contributed by atoms with Crippen LogP contribution >= 0.6 is 0 Å². The second-order valence-electron chi connectivity index (χ2n) is 4.92. The van der Waals surface area contributed by atoms with Crippen molar-refractivity contribution in [2.75, 3.05) is 24.3 Å². The molecular weight excluding hydrogens is 240 g/mol. The van der Waals surface area contributed by atoms with Crippen molar-refractivity contribution in [3.8, 4) is 0 Å². The van der Waals surface area contributed by atoms with Crippen LogP contribution in [0.15, 0.2) is 6.07 Å². The molecule has 1 aromatic rings. The van der Waals surface area contributed by atoms with E-state index in [1.807, 2.05) is 13.0 Å². The Kier molecular flexibility index (Phi) is 6.56. The summed E-state index contributed by atoms with van der Waals surface area (Å²) in [6.45, 7) is 9.91. The van der Waals surface area contributed by atoms with Crippen molar-refractivity contribution in [3.05, 3.63) is 11.9 Å². The number of nitrogens with one attached hydrogen (secondary N) is 2. The van der Waals surface area contributed by atoms with Gasteiger partial charge in [-0.05, 0) is 19.3 Å². The molecule has 0 amide bonds. The number of methoxy groups -OCH3 is 1. The van der Waals surface area contributed by atoms with E-state index in [0.717, 1.165) is 24.6 Å². The zero-order valence-corrected chi connectivity index (χ0v) is 12.7. The Morgan fingerprint density at radius 1 is 1.21 bits per heavy atom. The van der Waals surface area contributed by atoms with Gasteiger partial charge in [-0.3, -0.25) is 0 Å². The van der Waals surface area contributed by atoms with Gasteiger partial charge in [0.2, 0.25) is 0 Å². The van der Waals surface area contributed by atoms with Crippen LogP contribution in [-0.4, -0.2) is 29.7 Å². The summed E-state index contributed by atoms with van der Waals surface area (Å²) in [6.07, 6.45) is 1.07. The van der Waals surface area contributed by atoms with Gasteiger partial charge in [0, 0.05) is 25.8 Å². The minimum atomic E-state index is 0.416. The van der Waals surface area contributed by atoms with Crippen LogP contribution in [0, 0.1) is 5.92 Å². The van der Waals surface area contributed by atoms with E-state index in [1.165, 1.54) is 0 Å². The van der Waals surface area contributed by atoms with Gasteiger partial charge in [-0.15, -0.1) is 0 Å². The Balaban J connectivity index is 2.91. The molecule has 0 aromatic carbocycles. The molecule has 0 aliphatic rings. The number of hydrogen-bond acceptors (Lipinski definition) is 5. The van der Waals surface area contributed by atoms with E-state index in [9.17, 15) is 0 Å². The first kappa shape index (κ1) is 15.7. The van der Waals surface area contributed by atoms with Gasteiger partial charge in [-0.1, -0.05) is 20.8 Å². The molecule has 0 radical (unpaired) electrons. The number of anilines is 2. The van der Waals surface area contributed by atoms with E-state index in [-0.39, 0.29) is 0 Å². The van der Waals surface area contributed by atoms with Crippen molar-refractivity contribution < 1.29 is 4.74 Å². The number of hydrogen-bond donors (Lipinski definition) is 2. The van der Waals surface area contributed by atoms with Gasteiger partial charge < -0.3 is 15.4 Å². The van der Waals surface area contributed by atoms with Crippen LogP contribution in [0.25, 0.3) is 0 Å². The largest absolute Gasteiger partial charge is 0.377 e. The van der Waals surface area contributed by atoms with E-state index < -0.39 is 0 Å². The molecule has 1 unspecified atom stereocenters. The predicted molar refractivity (Wildman–Crippen MR) is 79.4 cm³/mol. The highest BCUT2D eigenvalue weighted by atomic mass is 16.5. The maximum absolute atomic E-state index is 5.11. The van der Waals surface area contributed by atoms with Gasteiger partial charge in [0.15, 0.2) is 5.82 Å². The summed E-state index contributed by atoms with van der Waals surface area (Å²) in [4.78, 5) is 8.89. The van der Waals surface area contributed by atoms with Gasteiger partial charge in [0.1, 0.15) is 18.2 Å². The molecule has 0 aliphatic heterocycles. The van der Waals surface area contributed by atoms with Gasteiger partial charge in [0.05, 0.1) is 0 Å². The van der Waals surface area contributed by atoms with Crippen molar-refractivity contribution >= 4 is 11.6 Å². The van der Waals surface area contributed by atoms with Crippen molar-refractivity contribution in [3.63, 3.8) is 0 Å². The van der Waals surface area contributed by atoms with E-state index in [1.54, 1.807) is 7.11 Å². The number of aromatic nitrogens is 2. The third-order valence-electron chi connectivity index (χ3n) is 2.98. The van der Waals surface area contributed by atoms with Crippen LogP contribution in [0.5, 0.6) is 0 Å². The molecule has 0 saturated heterocycles.